The Bertz CT molecular complexity index is 1040. The number of aromatic carboxylic acids is 1. The number of oxime groups is 1. The maximum atomic E-state index is 11.1. The van der Waals surface area contributed by atoms with E-state index in [2.05, 4.69) is 16.1 Å². The first-order valence-electron chi connectivity index (χ1n) is 10.7. The molecule has 0 atom stereocenters. The van der Waals surface area contributed by atoms with Crippen molar-refractivity contribution < 1.29 is 14.7 Å². The summed E-state index contributed by atoms with van der Waals surface area (Å²) in [5.41, 5.74) is 4.25. The van der Waals surface area contributed by atoms with Crippen molar-refractivity contribution in [1.29, 1.82) is 0 Å². The number of carboxylic acids is 1. The summed E-state index contributed by atoms with van der Waals surface area (Å²) in [5, 5.41) is 14.8. The second-order valence-corrected chi connectivity index (χ2v) is 9.69. The van der Waals surface area contributed by atoms with Crippen LogP contribution in [0.15, 0.2) is 41.6 Å². The standard InChI is InChI=1S/C24H24Cl2N2O3/c25-20-12-15(11-19(22(20)26)16-1-2-16)14-28-9-7-24(8-10-28)13-21(27-31-24)17-3-5-18(6-4-17)23(29)30/h3-6,11-12,16H,1-2,7-10,13-14H2,(H,29,30). The van der Waals surface area contributed by atoms with E-state index < -0.39 is 5.97 Å². The van der Waals surface area contributed by atoms with E-state index in [0.717, 1.165) is 50.2 Å². The molecule has 2 aliphatic heterocycles. The van der Waals surface area contributed by atoms with Crippen molar-refractivity contribution in [2.75, 3.05) is 13.1 Å². The quantitative estimate of drug-likeness (QED) is 0.621. The number of likely N-dealkylation sites (tertiary alicyclic amines) is 1. The van der Waals surface area contributed by atoms with Gasteiger partial charge >= 0.3 is 5.97 Å². The minimum atomic E-state index is -0.925. The molecule has 31 heavy (non-hydrogen) atoms. The molecule has 1 N–H and O–H groups in total. The minimum absolute atomic E-state index is 0.256. The predicted molar refractivity (Wildman–Crippen MR) is 121 cm³/mol. The van der Waals surface area contributed by atoms with Gasteiger partial charge in [0.2, 0.25) is 0 Å². The lowest BCUT2D eigenvalue weighted by atomic mass is 9.85. The van der Waals surface area contributed by atoms with E-state index in [-0.39, 0.29) is 11.2 Å². The van der Waals surface area contributed by atoms with Gasteiger partial charge in [0.15, 0.2) is 0 Å². The highest BCUT2D eigenvalue weighted by Gasteiger charge is 2.42. The van der Waals surface area contributed by atoms with Crippen molar-refractivity contribution in [1.82, 2.24) is 4.90 Å². The third kappa shape index (κ3) is 4.32. The largest absolute Gasteiger partial charge is 0.478 e. The highest BCUT2D eigenvalue weighted by atomic mass is 35.5. The van der Waals surface area contributed by atoms with Gasteiger partial charge in [-0.05, 0) is 53.6 Å². The van der Waals surface area contributed by atoms with Crippen LogP contribution in [-0.2, 0) is 11.4 Å². The molecule has 0 aromatic heterocycles. The molecule has 5 rings (SSSR count). The van der Waals surface area contributed by atoms with Crippen LogP contribution in [-0.4, -0.2) is 40.4 Å². The smallest absolute Gasteiger partial charge is 0.335 e. The molecule has 2 fully saturated rings. The maximum Gasteiger partial charge on any atom is 0.335 e. The molecule has 1 aliphatic carbocycles. The van der Waals surface area contributed by atoms with Crippen LogP contribution >= 0.6 is 23.2 Å². The van der Waals surface area contributed by atoms with E-state index in [1.165, 1.54) is 24.0 Å². The molecule has 2 heterocycles. The molecule has 0 unspecified atom stereocenters. The predicted octanol–water partition coefficient (Wildman–Crippen LogP) is 5.73. The third-order valence-corrected chi connectivity index (χ3v) is 7.43. The first-order valence-corrected chi connectivity index (χ1v) is 11.5. The van der Waals surface area contributed by atoms with Gasteiger partial charge in [0.05, 0.1) is 21.3 Å². The summed E-state index contributed by atoms with van der Waals surface area (Å²) in [4.78, 5) is 19.4. The lowest BCUT2D eigenvalue weighted by Gasteiger charge is -2.37. The monoisotopic (exact) mass is 458 g/mol. The SMILES string of the molecule is O=C(O)c1ccc(C2=NOC3(CCN(Cc4cc(Cl)c(Cl)c(C5CC5)c4)CC3)C2)cc1. The molecule has 0 bridgehead atoms. The van der Waals surface area contributed by atoms with Crippen molar-refractivity contribution in [3.05, 3.63) is 68.7 Å². The molecular formula is C24H24Cl2N2O3. The van der Waals surface area contributed by atoms with E-state index in [9.17, 15) is 4.79 Å². The number of hydrogen-bond donors (Lipinski definition) is 1. The van der Waals surface area contributed by atoms with E-state index in [1.54, 1.807) is 12.1 Å². The van der Waals surface area contributed by atoms with Gasteiger partial charge in [-0.1, -0.05) is 46.6 Å². The highest BCUT2D eigenvalue weighted by molar-refractivity contribution is 6.42. The minimum Gasteiger partial charge on any atom is -0.478 e. The Morgan fingerprint density at radius 1 is 1.16 bits per heavy atom. The van der Waals surface area contributed by atoms with Crippen LogP contribution in [0.5, 0.6) is 0 Å². The fourth-order valence-corrected chi connectivity index (χ4v) is 5.09. The number of hydrogen-bond acceptors (Lipinski definition) is 4. The van der Waals surface area contributed by atoms with Crippen LogP contribution in [0.2, 0.25) is 10.0 Å². The average molecular weight is 459 g/mol. The third-order valence-electron chi connectivity index (χ3n) is 6.61. The highest BCUT2D eigenvalue weighted by Crippen LogP contribution is 2.46. The maximum absolute atomic E-state index is 11.1. The van der Waals surface area contributed by atoms with Crippen molar-refractivity contribution in [3.63, 3.8) is 0 Å². The molecule has 7 heteroatoms. The van der Waals surface area contributed by atoms with Crippen molar-refractivity contribution in [2.45, 2.75) is 50.2 Å². The molecule has 1 spiro atoms. The molecule has 0 radical (unpaired) electrons. The number of carboxylic acid groups (broad SMARTS) is 1. The van der Waals surface area contributed by atoms with Crippen molar-refractivity contribution >= 4 is 34.9 Å². The lowest BCUT2D eigenvalue weighted by Crippen LogP contribution is -2.44. The van der Waals surface area contributed by atoms with Crippen LogP contribution in [0.3, 0.4) is 0 Å². The second-order valence-electron chi connectivity index (χ2n) is 8.90. The molecule has 1 saturated carbocycles. The fourth-order valence-electron chi connectivity index (χ4n) is 4.58. The average Bonchev–Trinajstić information content (AvgIpc) is 3.53. The summed E-state index contributed by atoms with van der Waals surface area (Å²) in [6.45, 7) is 2.72. The summed E-state index contributed by atoms with van der Waals surface area (Å²) < 4.78 is 0. The second kappa shape index (κ2) is 8.12. The number of rotatable bonds is 5. The van der Waals surface area contributed by atoms with Crippen LogP contribution < -0.4 is 0 Å². The van der Waals surface area contributed by atoms with Crippen LogP contribution in [0.25, 0.3) is 0 Å². The van der Waals surface area contributed by atoms with Crippen LogP contribution in [0.1, 0.15) is 65.1 Å². The summed E-state index contributed by atoms with van der Waals surface area (Å²) in [6.07, 6.45) is 4.97. The van der Waals surface area contributed by atoms with Gasteiger partial charge in [-0.25, -0.2) is 4.79 Å². The van der Waals surface area contributed by atoms with Gasteiger partial charge in [0, 0.05) is 38.9 Å². The Morgan fingerprint density at radius 2 is 1.87 bits per heavy atom. The molecule has 2 aromatic rings. The Kier molecular flexibility index (Phi) is 5.45. The van der Waals surface area contributed by atoms with Gasteiger partial charge in [0.25, 0.3) is 0 Å². The van der Waals surface area contributed by atoms with Crippen LogP contribution in [0, 0.1) is 0 Å². The summed E-state index contributed by atoms with van der Waals surface area (Å²) in [7, 11) is 0. The number of piperidine rings is 1. The van der Waals surface area contributed by atoms with E-state index >= 15 is 0 Å². The lowest BCUT2D eigenvalue weighted by molar-refractivity contribution is -0.0627. The first-order chi connectivity index (χ1) is 14.9. The zero-order valence-corrected chi connectivity index (χ0v) is 18.6. The zero-order valence-electron chi connectivity index (χ0n) is 17.1. The van der Waals surface area contributed by atoms with Crippen molar-refractivity contribution in [3.8, 4) is 0 Å². The van der Waals surface area contributed by atoms with Gasteiger partial charge in [0.1, 0.15) is 5.60 Å². The Labute approximate surface area is 191 Å². The zero-order chi connectivity index (χ0) is 21.6. The normalized spacial score (nSPS) is 20.5. The number of halogens is 2. The van der Waals surface area contributed by atoms with E-state index in [1.807, 2.05) is 18.2 Å². The molecule has 0 amide bonds. The van der Waals surface area contributed by atoms with Gasteiger partial charge in [-0.15, -0.1) is 0 Å². The van der Waals surface area contributed by atoms with Crippen molar-refractivity contribution in [2.24, 2.45) is 5.16 Å². The number of nitrogens with zero attached hydrogens (tertiary/aromatic N) is 2. The Balaban J connectivity index is 1.20. The van der Waals surface area contributed by atoms with Crippen LogP contribution in [0.4, 0.5) is 0 Å². The molecule has 1 saturated heterocycles. The van der Waals surface area contributed by atoms with Gasteiger partial charge in [-0.3, -0.25) is 4.90 Å². The Morgan fingerprint density at radius 3 is 2.52 bits per heavy atom. The Hall–Kier alpha value is -2.08. The van der Waals surface area contributed by atoms with Gasteiger partial charge in [-0.2, -0.15) is 0 Å². The molecule has 3 aliphatic rings. The van der Waals surface area contributed by atoms with E-state index in [4.69, 9.17) is 33.1 Å². The molecule has 2 aromatic carbocycles. The fraction of sp³-hybridized carbons (Fsp3) is 0.417. The molecule has 162 valence electrons. The number of benzene rings is 2. The van der Waals surface area contributed by atoms with Gasteiger partial charge < -0.3 is 9.94 Å². The number of carbonyl (C=O) groups is 1. The molecular weight excluding hydrogens is 435 g/mol. The summed E-state index contributed by atoms with van der Waals surface area (Å²) in [5.74, 6) is -0.354. The summed E-state index contributed by atoms with van der Waals surface area (Å²) in [6, 6.07) is 11.1. The summed E-state index contributed by atoms with van der Waals surface area (Å²) >= 11 is 12.8. The topological polar surface area (TPSA) is 62.1 Å². The molecule has 5 nitrogen and oxygen atoms in total. The first kappa shape index (κ1) is 20.8. The van der Waals surface area contributed by atoms with E-state index in [0.29, 0.717) is 16.0 Å².